The molecule has 2 amide bonds. The third kappa shape index (κ3) is 3.85. The van der Waals surface area contributed by atoms with Crippen LogP contribution >= 0.6 is 11.6 Å². The number of aromatic nitrogens is 2. The highest BCUT2D eigenvalue weighted by molar-refractivity contribution is 6.30. The van der Waals surface area contributed by atoms with E-state index in [9.17, 15) is 9.59 Å². The van der Waals surface area contributed by atoms with Crippen molar-refractivity contribution in [3.63, 3.8) is 0 Å². The summed E-state index contributed by atoms with van der Waals surface area (Å²) in [4.78, 5) is 39.9. The Bertz CT molecular complexity index is 1080. The topological polar surface area (TPSA) is 72.5 Å². The van der Waals surface area contributed by atoms with Gasteiger partial charge in [-0.25, -0.2) is 4.98 Å². The minimum atomic E-state index is -0.603. The van der Waals surface area contributed by atoms with Crippen LogP contribution in [0.3, 0.4) is 0 Å². The van der Waals surface area contributed by atoms with Crippen LogP contribution < -0.4 is 9.80 Å². The second-order valence-corrected chi connectivity index (χ2v) is 8.49. The normalized spacial score (nSPS) is 19.8. The molecule has 0 aliphatic carbocycles. The van der Waals surface area contributed by atoms with Crippen molar-refractivity contribution in [3.8, 4) is 0 Å². The summed E-state index contributed by atoms with van der Waals surface area (Å²) in [5, 5.41) is 0.626. The quantitative estimate of drug-likeness (QED) is 0.638. The number of amides is 2. The molecule has 3 aromatic rings. The molecule has 1 atom stereocenters. The second-order valence-electron chi connectivity index (χ2n) is 8.05. The Hall–Kier alpha value is -3.06. The van der Waals surface area contributed by atoms with Gasteiger partial charge in [0.05, 0.1) is 11.0 Å². The van der Waals surface area contributed by atoms with Crippen LogP contribution in [-0.2, 0) is 9.59 Å². The van der Waals surface area contributed by atoms with E-state index in [0.29, 0.717) is 37.6 Å². The molecule has 2 aromatic carbocycles. The van der Waals surface area contributed by atoms with Gasteiger partial charge in [-0.05, 0) is 49.2 Å². The minimum absolute atomic E-state index is 0.0621. The molecule has 160 valence electrons. The van der Waals surface area contributed by atoms with E-state index >= 15 is 0 Å². The van der Waals surface area contributed by atoms with Gasteiger partial charge in [-0.2, -0.15) is 0 Å². The number of benzene rings is 2. The van der Waals surface area contributed by atoms with Gasteiger partial charge in [0.15, 0.2) is 0 Å². The number of halogens is 1. The number of nitrogens with zero attached hydrogens (tertiary/aromatic N) is 4. The first kappa shape index (κ1) is 19.9. The van der Waals surface area contributed by atoms with Gasteiger partial charge in [-0.3, -0.25) is 9.59 Å². The zero-order chi connectivity index (χ0) is 21.4. The fourth-order valence-corrected chi connectivity index (χ4v) is 4.57. The molecule has 7 nitrogen and oxygen atoms in total. The largest absolute Gasteiger partial charge is 0.341 e. The third-order valence-corrected chi connectivity index (χ3v) is 6.38. The second kappa shape index (κ2) is 8.23. The molecule has 31 heavy (non-hydrogen) atoms. The van der Waals surface area contributed by atoms with E-state index in [1.165, 1.54) is 0 Å². The Kier molecular flexibility index (Phi) is 5.28. The molecule has 2 fully saturated rings. The van der Waals surface area contributed by atoms with Gasteiger partial charge >= 0.3 is 0 Å². The lowest BCUT2D eigenvalue weighted by molar-refractivity contribution is -0.139. The summed E-state index contributed by atoms with van der Waals surface area (Å²) >= 11 is 5.95. The van der Waals surface area contributed by atoms with Gasteiger partial charge in [-0.1, -0.05) is 23.7 Å². The average Bonchev–Trinajstić information content (AvgIpc) is 3.29. The van der Waals surface area contributed by atoms with Gasteiger partial charge in [0.2, 0.25) is 17.8 Å². The molecule has 5 rings (SSSR count). The van der Waals surface area contributed by atoms with Crippen molar-refractivity contribution in [1.82, 2.24) is 14.9 Å². The Labute approximate surface area is 185 Å². The first-order valence-electron chi connectivity index (χ1n) is 10.7. The van der Waals surface area contributed by atoms with E-state index in [0.717, 1.165) is 35.6 Å². The van der Waals surface area contributed by atoms with Crippen LogP contribution in [0, 0.1) is 5.92 Å². The van der Waals surface area contributed by atoms with E-state index in [4.69, 9.17) is 11.6 Å². The number of fused-ring (bicyclic) bond motifs is 1. The fraction of sp³-hybridized carbons (Fsp3) is 0.348. The molecule has 2 aliphatic rings. The number of hydrogen-bond acceptors (Lipinski definition) is 4. The molecular weight excluding hydrogens is 414 g/mol. The number of nitrogens with one attached hydrogen (secondary N) is 1. The van der Waals surface area contributed by atoms with Crippen LogP contribution in [-0.4, -0.2) is 59.4 Å². The van der Waals surface area contributed by atoms with E-state index in [1.807, 2.05) is 41.3 Å². The molecule has 8 heteroatoms. The Morgan fingerprint density at radius 1 is 1.00 bits per heavy atom. The van der Waals surface area contributed by atoms with Crippen LogP contribution in [0.15, 0.2) is 48.5 Å². The summed E-state index contributed by atoms with van der Waals surface area (Å²) in [7, 11) is 0. The molecule has 0 radical (unpaired) electrons. The Morgan fingerprint density at radius 2 is 1.81 bits per heavy atom. The maximum atomic E-state index is 13.2. The van der Waals surface area contributed by atoms with Crippen LogP contribution in [0.1, 0.15) is 12.8 Å². The van der Waals surface area contributed by atoms with E-state index in [2.05, 4.69) is 14.9 Å². The number of anilines is 2. The fourth-order valence-electron chi connectivity index (χ4n) is 4.45. The SMILES string of the molecule is O=C(C1CCN(c2ccc(Cl)cc2)C1=O)N1CCCN(c2nc3ccccc3[nH]2)CC1. The summed E-state index contributed by atoms with van der Waals surface area (Å²) in [6.45, 7) is 3.29. The highest BCUT2D eigenvalue weighted by Gasteiger charge is 2.40. The molecule has 1 N–H and O–H groups in total. The minimum Gasteiger partial charge on any atom is -0.341 e. The zero-order valence-electron chi connectivity index (χ0n) is 17.1. The number of aromatic amines is 1. The summed E-state index contributed by atoms with van der Waals surface area (Å²) in [6, 6.07) is 15.1. The smallest absolute Gasteiger partial charge is 0.239 e. The van der Waals surface area contributed by atoms with Crippen LogP contribution in [0.5, 0.6) is 0 Å². The molecule has 3 heterocycles. The van der Waals surface area contributed by atoms with Crippen molar-refractivity contribution in [2.45, 2.75) is 12.8 Å². The highest BCUT2D eigenvalue weighted by Crippen LogP contribution is 2.28. The molecule has 2 aliphatic heterocycles. The summed E-state index contributed by atoms with van der Waals surface area (Å²) < 4.78 is 0. The van der Waals surface area contributed by atoms with Gasteiger partial charge in [-0.15, -0.1) is 0 Å². The van der Waals surface area contributed by atoms with Gasteiger partial charge in [0, 0.05) is 43.4 Å². The zero-order valence-corrected chi connectivity index (χ0v) is 17.9. The van der Waals surface area contributed by atoms with Crippen molar-refractivity contribution >= 4 is 46.1 Å². The number of carbonyl (C=O) groups is 2. The summed E-state index contributed by atoms with van der Waals surface area (Å²) in [5.74, 6) is 0.0495. The monoisotopic (exact) mass is 437 g/mol. The summed E-state index contributed by atoms with van der Waals surface area (Å²) in [6.07, 6.45) is 1.38. The van der Waals surface area contributed by atoms with Gasteiger partial charge in [0.25, 0.3) is 0 Å². The predicted molar refractivity (Wildman–Crippen MR) is 121 cm³/mol. The van der Waals surface area contributed by atoms with Crippen LogP contribution in [0.4, 0.5) is 11.6 Å². The molecule has 0 spiro atoms. The number of para-hydroxylation sites is 2. The number of imidazole rings is 1. The highest BCUT2D eigenvalue weighted by atomic mass is 35.5. The van der Waals surface area contributed by atoms with Crippen molar-refractivity contribution in [2.24, 2.45) is 5.92 Å². The number of hydrogen-bond donors (Lipinski definition) is 1. The average molecular weight is 438 g/mol. The molecular formula is C23H24ClN5O2. The van der Waals surface area contributed by atoms with Crippen molar-refractivity contribution in [2.75, 3.05) is 42.5 Å². The Morgan fingerprint density at radius 3 is 2.61 bits per heavy atom. The molecule has 0 bridgehead atoms. The maximum absolute atomic E-state index is 13.2. The standard InChI is InChI=1S/C23H24ClN5O2/c24-16-6-8-17(9-7-16)29-13-10-18(22(29)31)21(30)27-11-3-12-28(15-14-27)23-25-19-4-1-2-5-20(19)26-23/h1-2,4-9,18H,3,10-15H2,(H,25,26). The lowest BCUT2D eigenvalue weighted by Crippen LogP contribution is -2.42. The van der Waals surface area contributed by atoms with Crippen molar-refractivity contribution < 1.29 is 9.59 Å². The van der Waals surface area contributed by atoms with E-state index < -0.39 is 5.92 Å². The first-order valence-corrected chi connectivity index (χ1v) is 11.0. The Balaban J connectivity index is 1.25. The molecule has 0 saturated carbocycles. The molecule has 1 aromatic heterocycles. The molecule has 1 unspecified atom stereocenters. The lowest BCUT2D eigenvalue weighted by Gasteiger charge is -2.24. The van der Waals surface area contributed by atoms with Crippen LogP contribution in [0.25, 0.3) is 11.0 Å². The molecule has 2 saturated heterocycles. The first-order chi connectivity index (χ1) is 15.1. The third-order valence-electron chi connectivity index (χ3n) is 6.13. The van der Waals surface area contributed by atoms with Gasteiger partial charge in [0.1, 0.15) is 5.92 Å². The number of rotatable bonds is 3. The van der Waals surface area contributed by atoms with Crippen molar-refractivity contribution in [1.29, 1.82) is 0 Å². The van der Waals surface area contributed by atoms with Crippen molar-refractivity contribution in [3.05, 3.63) is 53.6 Å². The van der Waals surface area contributed by atoms with Crippen LogP contribution in [0.2, 0.25) is 5.02 Å². The van der Waals surface area contributed by atoms with E-state index in [1.54, 1.807) is 17.0 Å². The summed E-state index contributed by atoms with van der Waals surface area (Å²) in [5.41, 5.74) is 2.73. The van der Waals surface area contributed by atoms with Gasteiger partial charge < -0.3 is 19.7 Å². The predicted octanol–water partition coefficient (Wildman–Crippen LogP) is 3.31. The lowest BCUT2D eigenvalue weighted by atomic mass is 10.1. The number of carbonyl (C=O) groups excluding carboxylic acids is 2. The maximum Gasteiger partial charge on any atom is 0.239 e. The number of H-pyrrole nitrogens is 1. The van der Waals surface area contributed by atoms with E-state index in [-0.39, 0.29) is 11.8 Å².